The fourth-order valence-electron chi connectivity index (χ4n) is 1.88. The van der Waals surface area contributed by atoms with E-state index in [1.165, 1.54) is 0 Å². The molecule has 2 heteroatoms. The van der Waals surface area contributed by atoms with Crippen molar-refractivity contribution in [3.8, 4) is 11.5 Å². The Hall–Kier alpha value is -2.48. The zero-order valence-electron chi connectivity index (χ0n) is 11.7. The molecule has 0 N–H and O–H groups in total. The van der Waals surface area contributed by atoms with E-state index in [1.807, 2.05) is 72.8 Å². The zero-order valence-corrected chi connectivity index (χ0v) is 11.7. The molecular formula is C18H18O2. The van der Waals surface area contributed by atoms with Crippen LogP contribution in [0.5, 0.6) is 11.5 Å². The third-order valence-electron chi connectivity index (χ3n) is 2.91. The van der Waals surface area contributed by atoms with Crippen LogP contribution >= 0.6 is 0 Å². The molecule has 0 aromatic heterocycles. The lowest BCUT2D eigenvalue weighted by Gasteiger charge is -2.02. The maximum Gasteiger partial charge on any atom is 0.126 e. The van der Waals surface area contributed by atoms with E-state index in [9.17, 15) is 0 Å². The van der Waals surface area contributed by atoms with E-state index in [2.05, 4.69) is 0 Å². The Morgan fingerprint density at radius 3 is 2.40 bits per heavy atom. The van der Waals surface area contributed by atoms with Crippen LogP contribution in [0.3, 0.4) is 0 Å². The molecule has 0 amide bonds. The van der Waals surface area contributed by atoms with Gasteiger partial charge in [0.1, 0.15) is 11.5 Å². The van der Waals surface area contributed by atoms with E-state index in [0.29, 0.717) is 0 Å². The van der Waals surface area contributed by atoms with Gasteiger partial charge in [0, 0.05) is 5.56 Å². The quantitative estimate of drug-likeness (QED) is 0.745. The van der Waals surface area contributed by atoms with Crippen LogP contribution in [0, 0.1) is 0 Å². The molecule has 0 fully saturated rings. The van der Waals surface area contributed by atoms with E-state index in [4.69, 9.17) is 9.47 Å². The van der Waals surface area contributed by atoms with Gasteiger partial charge in [0.2, 0.25) is 0 Å². The summed E-state index contributed by atoms with van der Waals surface area (Å²) >= 11 is 0. The van der Waals surface area contributed by atoms with E-state index >= 15 is 0 Å². The van der Waals surface area contributed by atoms with E-state index in [1.54, 1.807) is 14.2 Å². The Labute approximate surface area is 120 Å². The molecule has 2 aromatic carbocycles. The number of hydrogen-bond donors (Lipinski definition) is 0. The standard InChI is InChI=1S/C18H18O2/c1-19-17-12-7-9-15(14-17)8-3-4-10-16-11-5-6-13-18(16)20-2/h3-14H,1-2H3. The molecule has 0 unspecified atom stereocenters. The Bertz CT molecular complexity index is 612. The van der Waals surface area contributed by atoms with Crippen molar-refractivity contribution in [3.63, 3.8) is 0 Å². The fourth-order valence-corrected chi connectivity index (χ4v) is 1.88. The van der Waals surface area contributed by atoms with Gasteiger partial charge < -0.3 is 9.47 Å². The highest BCUT2D eigenvalue weighted by Gasteiger charge is 1.95. The van der Waals surface area contributed by atoms with Gasteiger partial charge >= 0.3 is 0 Å². The largest absolute Gasteiger partial charge is 0.497 e. The van der Waals surface area contributed by atoms with E-state index in [-0.39, 0.29) is 0 Å². The molecule has 0 aliphatic heterocycles. The van der Waals surface area contributed by atoms with Crippen LogP contribution in [0.1, 0.15) is 11.1 Å². The normalized spacial score (nSPS) is 11.1. The molecular weight excluding hydrogens is 248 g/mol. The average Bonchev–Trinajstić information content (AvgIpc) is 2.52. The van der Waals surface area contributed by atoms with Crippen LogP contribution in [0.25, 0.3) is 12.2 Å². The maximum absolute atomic E-state index is 5.30. The van der Waals surface area contributed by atoms with Gasteiger partial charge in [0.05, 0.1) is 14.2 Å². The van der Waals surface area contributed by atoms with Crippen LogP contribution in [0.4, 0.5) is 0 Å². The highest BCUT2D eigenvalue weighted by atomic mass is 16.5. The van der Waals surface area contributed by atoms with E-state index in [0.717, 1.165) is 22.6 Å². The third-order valence-corrected chi connectivity index (χ3v) is 2.91. The summed E-state index contributed by atoms with van der Waals surface area (Å²) in [5.74, 6) is 1.74. The molecule has 2 rings (SSSR count). The van der Waals surface area contributed by atoms with Crippen LogP contribution in [-0.4, -0.2) is 14.2 Å². The predicted molar refractivity (Wildman–Crippen MR) is 84.1 cm³/mol. The lowest BCUT2D eigenvalue weighted by Crippen LogP contribution is -1.85. The number of hydrogen-bond acceptors (Lipinski definition) is 2. The van der Waals surface area contributed by atoms with Gasteiger partial charge in [-0.2, -0.15) is 0 Å². The van der Waals surface area contributed by atoms with Gasteiger partial charge in [-0.3, -0.25) is 0 Å². The maximum atomic E-state index is 5.30. The van der Waals surface area contributed by atoms with Gasteiger partial charge in [-0.05, 0) is 23.8 Å². The molecule has 2 nitrogen and oxygen atoms in total. The minimum atomic E-state index is 0.862. The first kappa shape index (κ1) is 13.9. The molecule has 0 aliphatic rings. The minimum absolute atomic E-state index is 0.862. The number of rotatable bonds is 5. The van der Waals surface area contributed by atoms with Gasteiger partial charge in [-0.1, -0.05) is 54.6 Å². The summed E-state index contributed by atoms with van der Waals surface area (Å²) < 4.78 is 10.5. The molecule has 0 aliphatic carbocycles. The SMILES string of the molecule is COc1cccc(C=CC=Cc2ccccc2OC)c1. The number of allylic oxidation sites excluding steroid dienone is 2. The van der Waals surface area contributed by atoms with Crippen molar-refractivity contribution in [1.82, 2.24) is 0 Å². The van der Waals surface area contributed by atoms with E-state index < -0.39 is 0 Å². The monoisotopic (exact) mass is 266 g/mol. The van der Waals surface area contributed by atoms with Crippen molar-refractivity contribution in [2.24, 2.45) is 0 Å². The lowest BCUT2D eigenvalue weighted by molar-refractivity contribution is 0.414. The van der Waals surface area contributed by atoms with Crippen LogP contribution in [0.2, 0.25) is 0 Å². The molecule has 0 saturated heterocycles. The van der Waals surface area contributed by atoms with Gasteiger partial charge in [-0.15, -0.1) is 0 Å². The average molecular weight is 266 g/mol. The number of para-hydroxylation sites is 1. The van der Waals surface area contributed by atoms with Gasteiger partial charge in [0.25, 0.3) is 0 Å². The topological polar surface area (TPSA) is 18.5 Å². The Kier molecular flexibility index (Phi) is 5.01. The zero-order chi connectivity index (χ0) is 14.2. The summed E-state index contributed by atoms with van der Waals surface area (Å²) in [4.78, 5) is 0. The molecule has 102 valence electrons. The van der Waals surface area contributed by atoms with Crippen molar-refractivity contribution < 1.29 is 9.47 Å². The van der Waals surface area contributed by atoms with Crippen molar-refractivity contribution in [3.05, 3.63) is 71.8 Å². The Balaban J connectivity index is 2.07. The molecule has 0 radical (unpaired) electrons. The number of benzene rings is 2. The smallest absolute Gasteiger partial charge is 0.126 e. The summed E-state index contributed by atoms with van der Waals surface area (Å²) in [5, 5.41) is 0. The highest BCUT2D eigenvalue weighted by Crippen LogP contribution is 2.19. The van der Waals surface area contributed by atoms with Gasteiger partial charge in [-0.25, -0.2) is 0 Å². The minimum Gasteiger partial charge on any atom is -0.497 e. The highest BCUT2D eigenvalue weighted by molar-refractivity contribution is 5.61. The van der Waals surface area contributed by atoms with Crippen molar-refractivity contribution in [2.45, 2.75) is 0 Å². The second-order valence-corrected chi connectivity index (χ2v) is 4.24. The molecule has 0 heterocycles. The molecule has 0 spiro atoms. The van der Waals surface area contributed by atoms with Crippen molar-refractivity contribution in [1.29, 1.82) is 0 Å². The first-order chi connectivity index (χ1) is 9.83. The first-order valence-corrected chi connectivity index (χ1v) is 6.45. The second kappa shape index (κ2) is 7.19. The van der Waals surface area contributed by atoms with Gasteiger partial charge in [0.15, 0.2) is 0 Å². The summed E-state index contributed by atoms with van der Waals surface area (Å²) in [6, 6.07) is 15.9. The first-order valence-electron chi connectivity index (χ1n) is 6.45. The van der Waals surface area contributed by atoms with Crippen LogP contribution in [0.15, 0.2) is 60.7 Å². The molecule has 20 heavy (non-hydrogen) atoms. The Morgan fingerprint density at radius 2 is 1.60 bits per heavy atom. The number of methoxy groups -OCH3 is 2. The summed E-state index contributed by atoms with van der Waals surface area (Å²) in [6.45, 7) is 0. The second-order valence-electron chi connectivity index (χ2n) is 4.24. The lowest BCUT2D eigenvalue weighted by atomic mass is 10.1. The molecule has 0 bridgehead atoms. The summed E-state index contributed by atoms with van der Waals surface area (Å²) in [7, 11) is 3.35. The predicted octanol–water partition coefficient (Wildman–Crippen LogP) is 4.43. The van der Waals surface area contributed by atoms with Crippen molar-refractivity contribution in [2.75, 3.05) is 14.2 Å². The van der Waals surface area contributed by atoms with Crippen LogP contribution < -0.4 is 9.47 Å². The van der Waals surface area contributed by atoms with Crippen LogP contribution in [-0.2, 0) is 0 Å². The molecule has 2 aromatic rings. The molecule has 0 saturated carbocycles. The third kappa shape index (κ3) is 3.75. The fraction of sp³-hybridized carbons (Fsp3) is 0.111. The summed E-state index contributed by atoms with van der Waals surface area (Å²) in [6.07, 6.45) is 8.06. The summed E-state index contributed by atoms with van der Waals surface area (Å²) in [5.41, 5.74) is 2.17. The van der Waals surface area contributed by atoms with Crippen molar-refractivity contribution >= 4 is 12.2 Å². The molecule has 0 atom stereocenters. The number of ether oxygens (including phenoxy) is 2. The Morgan fingerprint density at radius 1 is 0.800 bits per heavy atom.